The second-order valence-electron chi connectivity index (χ2n) is 6.90. The standard InChI is InChI=1S/C21H21N3O3/c22-14-15-4-6-16(7-5-15)24-13-10-18-19(24)2-1-3-20(18)27-17-8-11-23(12-9-17)21(25)26/h1-7,17H,8-13H2,(H,25,26). The molecule has 1 N–H and O–H groups in total. The molecule has 1 saturated heterocycles. The predicted molar refractivity (Wildman–Crippen MR) is 102 cm³/mol. The first-order valence-corrected chi connectivity index (χ1v) is 9.20. The zero-order valence-corrected chi connectivity index (χ0v) is 15.0. The van der Waals surface area contributed by atoms with Crippen LogP contribution in [-0.4, -0.2) is 41.8 Å². The van der Waals surface area contributed by atoms with Gasteiger partial charge in [-0.1, -0.05) is 6.07 Å². The average molecular weight is 363 g/mol. The van der Waals surface area contributed by atoms with Crippen molar-refractivity contribution in [3.63, 3.8) is 0 Å². The summed E-state index contributed by atoms with van der Waals surface area (Å²) >= 11 is 0. The fraction of sp³-hybridized carbons (Fsp3) is 0.333. The Morgan fingerprint density at radius 2 is 1.85 bits per heavy atom. The minimum absolute atomic E-state index is 0.0519. The Labute approximate surface area is 158 Å². The maximum absolute atomic E-state index is 11.0. The van der Waals surface area contributed by atoms with Gasteiger partial charge in [-0.05, 0) is 42.8 Å². The smallest absolute Gasteiger partial charge is 0.407 e. The van der Waals surface area contributed by atoms with E-state index < -0.39 is 6.09 Å². The topological polar surface area (TPSA) is 76.8 Å². The molecule has 2 aromatic rings. The molecule has 0 bridgehead atoms. The van der Waals surface area contributed by atoms with Crippen LogP contribution in [0.1, 0.15) is 24.0 Å². The molecule has 0 radical (unpaired) electrons. The molecule has 2 heterocycles. The van der Waals surface area contributed by atoms with Gasteiger partial charge in [0.1, 0.15) is 11.9 Å². The number of fused-ring (bicyclic) bond motifs is 1. The molecule has 1 fully saturated rings. The van der Waals surface area contributed by atoms with Crippen LogP contribution >= 0.6 is 0 Å². The second-order valence-corrected chi connectivity index (χ2v) is 6.90. The first kappa shape index (κ1) is 17.2. The third-order valence-electron chi connectivity index (χ3n) is 5.30. The summed E-state index contributed by atoms with van der Waals surface area (Å²) in [7, 11) is 0. The van der Waals surface area contributed by atoms with Gasteiger partial charge in [0.2, 0.25) is 0 Å². The van der Waals surface area contributed by atoms with E-state index >= 15 is 0 Å². The molecule has 0 saturated carbocycles. The van der Waals surface area contributed by atoms with Crippen LogP contribution in [-0.2, 0) is 6.42 Å². The van der Waals surface area contributed by atoms with Gasteiger partial charge in [-0.2, -0.15) is 5.26 Å². The van der Waals surface area contributed by atoms with E-state index in [1.165, 1.54) is 10.5 Å². The number of hydrogen-bond donors (Lipinski definition) is 1. The van der Waals surface area contributed by atoms with Crippen LogP contribution in [0.5, 0.6) is 5.75 Å². The first-order valence-electron chi connectivity index (χ1n) is 9.20. The summed E-state index contributed by atoms with van der Waals surface area (Å²) < 4.78 is 6.26. The van der Waals surface area contributed by atoms with Gasteiger partial charge in [-0.15, -0.1) is 0 Å². The number of piperidine rings is 1. The maximum atomic E-state index is 11.0. The molecular weight excluding hydrogens is 342 g/mol. The molecule has 0 spiro atoms. The number of anilines is 2. The van der Waals surface area contributed by atoms with Crippen molar-refractivity contribution in [2.24, 2.45) is 0 Å². The van der Waals surface area contributed by atoms with E-state index in [0.29, 0.717) is 18.7 Å². The SMILES string of the molecule is N#Cc1ccc(N2CCc3c(OC4CCN(C(=O)O)CC4)cccc32)cc1. The minimum Gasteiger partial charge on any atom is -0.490 e. The first-order chi connectivity index (χ1) is 13.2. The average Bonchev–Trinajstić information content (AvgIpc) is 3.14. The number of carboxylic acid groups (broad SMARTS) is 1. The highest BCUT2D eigenvalue weighted by Crippen LogP contribution is 2.40. The summed E-state index contributed by atoms with van der Waals surface area (Å²) in [5.74, 6) is 0.900. The van der Waals surface area contributed by atoms with Crippen molar-refractivity contribution >= 4 is 17.5 Å². The molecule has 1 amide bonds. The lowest BCUT2D eigenvalue weighted by Crippen LogP contribution is -2.41. The second kappa shape index (κ2) is 7.20. The minimum atomic E-state index is -0.855. The quantitative estimate of drug-likeness (QED) is 0.898. The summed E-state index contributed by atoms with van der Waals surface area (Å²) in [6.07, 6.45) is 1.53. The summed E-state index contributed by atoms with van der Waals surface area (Å²) in [5.41, 5.74) is 4.06. The van der Waals surface area contributed by atoms with Crippen LogP contribution in [0.3, 0.4) is 0 Å². The molecule has 6 nitrogen and oxygen atoms in total. The Hall–Kier alpha value is -3.20. The Kier molecular flexibility index (Phi) is 4.59. The predicted octanol–water partition coefficient (Wildman–Crippen LogP) is 3.77. The van der Waals surface area contributed by atoms with Gasteiger partial charge in [0, 0.05) is 49.4 Å². The van der Waals surface area contributed by atoms with Gasteiger partial charge < -0.3 is 19.6 Å². The highest BCUT2D eigenvalue weighted by atomic mass is 16.5. The Bertz CT molecular complexity index is 881. The maximum Gasteiger partial charge on any atom is 0.407 e. The molecule has 6 heteroatoms. The molecule has 0 atom stereocenters. The number of ether oxygens (including phenoxy) is 1. The number of nitriles is 1. The van der Waals surface area contributed by atoms with E-state index in [1.807, 2.05) is 36.4 Å². The van der Waals surface area contributed by atoms with Crippen LogP contribution in [0.25, 0.3) is 0 Å². The fourth-order valence-electron chi connectivity index (χ4n) is 3.84. The van der Waals surface area contributed by atoms with Crippen LogP contribution in [0, 0.1) is 11.3 Å². The molecule has 0 aromatic heterocycles. The van der Waals surface area contributed by atoms with Gasteiger partial charge in [0.05, 0.1) is 11.6 Å². The van der Waals surface area contributed by atoms with E-state index in [9.17, 15) is 4.79 Å². The zero-order chi connectivity index (χ0) is 18.8. The van der Waals surface area contributed by atoms with Gasteiger partial charge in [-0.3, -0.25) is 0 Å². The Balaban J connectivity index is 1.50. The lowest BCUT2D eigenvalue weighted by molar-refractivity contribution is 0.0891. The summed E-state index contributed by atoms with van der Waals surface area (Å²) in [5, 5.41) is 18.0. The van der Waals surface area contributed by atoms with Crippen molar-refractivity contribution in [2.45, 2.75) is 25.4 Å². The number of benzene rings is 2. The van der Waals surface area contributed by atoms with Crippen LogP contribution in [0.2, 0.25) is 0 Å². The molecule has 4 rings (SSSR count). The third kappa shape index (κ3) is 3.41. The van der Waals surface area contributed by atoms with Gasteiger partial charge in [0.25, 0.3) is 0 Å². The van der Waals surface area contributed by atoms with Gasteiger partial charge in [0.15, 0.2) is 0 Å². The molecule has 27 heavy (non-hydrogen) atoms. The lowest BCUT2D eigenvalue weighted by atomic mass is 10.1. The number of amides is 1. The van der Waals surface area contributed by atoms with Crippen LogP contribution in [0.15, 0.2) is 42.5 Å². The number of likely N-dealkylation sites (tertiary alicyclic amines) is 1. The summed E-state index contributed by atoms with van der Waals surface area (Å²) in [6.45, 7) is 1.91. The van der Waals surface area contributed by atoms with Crippen LogP contribution in [0.4, 0.5) is 16.2 Å². The van der Waals surface area contributed by atoms with Crippen molar-refractivity contribution in [1.29, 1.82) is 5.26 Å². The largest absolute Gasteiger partial charge is 0.490 e. The van der Waals surface area contributed by atoms with E-state index in [-0.39, 0.29) is 6.10 Å². The normalized spacial score (nSPS) is 16.7. The lowest BCUT2D eigenvalue weighted by Gasteiger charge is -2.30. The number of rotatable bonds is 3. The third-order valence-corrected chi connectivity index (χ3v) is 5.30. The van der Waals surface area contributed by atoms with Gasteiger partial charge in [-0.25, -0.2) is 4.79 Å². The number of nitrogens with zero attached hydrogens (tertiary/aromatic N) is 3. The Morgan fingerprint density at radius 3 is 2.52 bits per heavy atom. The molecule has 2 aliphatic heterocycles. The molecule has 138 valence electrons. The number of carbonyl (C=O) groups is 1. The monoisotopic (exact) mass is 363 g/mol. The molecular formula is C21H21N3O3. The van der Waals surface area contributed by atoms with E-state index in [0.717, 1.165) is 42.9 Å². The highest BCUT2D eigenvalue weighted by Gasteiger charge is 2.27. The molecule has 0 unspecified atom stereocenters. The van der Waals surface area contributed by atoms with E-state index in [4.69, 9.17) is 15.1 Å². The molecule has 2 aromatic carbocycles. The highest BCUT2D eigenvalue weighted by molar-refractivity contribution is 5.72. The van der Waals surface area contributed by atoms with Gasteiger partial charge >= 0.3 is 6.09 Å². The van der Waals surface area contributed by atoms with Crippen LogP contribution < -0.4 is 9.64 Å². The van der Waals surface area contributed by atoms with Crippen molar-refractivity contribution < 1.29 is 14.6 Å². The molecule has 2 aliphatic rings. The summed E-state index contributed by atoms with van der Waals surface area (Å²) in [4.78, 5) is 14.7. The van der Waals surface area contributed by atoms with E-state index in [1.54, 1.807) is 0 Å². The number of hydrogen-bond acceptors (Lipinski definition) is 4. The fourth-order valence-corrected chi connectivity index (χ4v) is 3.84. The van der Waals surface area contributed by atoms with Crippen molar-refractivity contribution in [1.82, 2.24) is 4.90 Å². The van der Waals surface area contributed by atoms with E-state index in [2.05, 4.69) is 17.0 Å². The zero-order valence-electron chi connectivity index (χ0n) is 15.0. The molecule has 0 aliphatic carbocycles. The van der Waals surface area contributed by atoms with Crippen molar-refractivity contribution in [3.8, 4) is 11.8 Å². The van der Waals surface area contributed by atoms with Crippen molar-refractivity contribution in [2.75, 3.05) is 24.5 Å². The Morgan fingerprint density at radius 1 is 1.11 bits per heavy atom. The van der Waals surface area contributed by atoms with Crippen molar-refractivity contribution in [3.05, 3.63) is 53.6 Å². The summed E-state index contributed by atoms with van der Waals surface area (Å²) in [6, 6.07) is 15.9.